The third-order valence-electron chi connectivity index (χ3n) is 3.03. The van der Waals surface area contributed by atoms with Crippen molar-refractivity contribution in [2.75, 3.05) is 11.9 Å². The van der Waals surface area contributed by atoms with Gasteiger partial charge in [-0.2, -0.15) is 0 Å². The highest BCUT2D eigenvalue weighted by Crippen LogP contribution is 2.14. The minimum absolute atomic E-state index is 0.121. The second-order valence-electron chi connectivity index (χ2n) is 4.09. The predicted octanol–water partition coefficient (Wildman–Crippen LogP) is 2.32. The van der Waals surface area contributed by atoms with Gasteiger partial charge >= 0.3 is 0 Å². The average Bonchev–Trinajstić information content (AvgIpc) is 2.28. The number of rotatable bonds is 5. The van der Waals surface area contributed by atoms with E-state index in [1.54, 1.807) is 6.20 Å². The van der Waals surface area contributed by atoms with Gasteiger partial charge in [0.15, 0.2) is 0 Å². The lowest BCUT2D eigenvalue weighted by molar-refractivity contribution is 0.418. The molecule has 3 nitrogen and oxygen atoms in total. The molecule has 0 fully saturated rings. The normalized spacial score (nSPS) is 11.5. The Morgan fingerprint density at radius 1 is 1.40 bits per heavy atom. The van der Waals surface area contributed by atoms with Crippen molar-refractivity contribution in [1.82, 2.24) is 4.98 Å². The Hall–Kier alpha value is -1.09. The molecule has 0 aromatic carbocycles. The Kier molecular flexibility index (Phi) is 4.09. The largest absolute Gasteiger partial charge is 0.368 e. The Bertz CT molecular complexity index is 305. The van der Waals surface area contributed by atoms with Gasteiger partial charge in [-0.15, -0.1) is 0 Å². The Morgan fingerprint density at radius 3 is 2.60 bits per heavy atom. The fourth-order valence-corrected chi connectivity index (χ4v) is 1.43. The second kappa shape index (κ2) is 5.12. The molecule has 1 aromatic rings. The lowest BCUT2D eigenvalue weighted by Gasteiger charge is -2.27. The summed E-state index contributed by atoms with van der Waals surface area (Å²) in [5.74, 6) is 0.939. The Labute approximate surface area is 92.1 Å². The summed E-state index contributed by atoms with van der Waals surface area (Å²) in [6.45, 7) is 7.07. The van der Waals surface area contributed by atoms with Crippen LogP contribution in [-0.4, -0.2) is 17.1 Å². The molecule has 0 saturated heterocycles. The number of nitrogens with two attached hydrogens (primary N) is 1. The first-order valence-electron chi connectivity index (χ1n) is 5.55. The quantitative estimate of drug-likeness (QED) is 0.779. The van der Waals surface area contributed by atoms with Gasteiger partial charge < -0.3 is 11.1 Å². The third-order valence-corrected chi connectivity index (χ3v) is 3.03. The summed E-state index contributed by atoms with van der Waals surface area (Å²) in [5, 5.41) is 3.32. The maximum Gasteiger partial charge on any atom is 0.128 e. The number of hydrogen-bond acceptors (Lipinski definition) is 3. The van der Waals surface area contributed by atoms with Gasteiger partial charge in [-0.05, 0) is 31.4 Å². The first kappa shape index (κ1) is 12.0. The monoisotopic (exact) mass is 207 g/mol. The maximum absolute atomic E-state index is 6.20. The van der Waals surface area contributed by atoms with Crippen LogP contribution in [0.3, 0.4) is 0 Å². The van der Waals surface area contributed by atoms with Gasteiger partial charge in [-0.3, -0.25) is 0 Å². The average molecular weight is 207 g/mol. The van der Waals surface area contributed by atoms with E-state index in [2.05, 4.69) is 24.1 Å². The van der Waals surface area contributed by atoms with Crippen LogP contribution in [0.5, 0.6) is 0 Å². The minimum Gasteiger partial charge on any atom is -0.368 e. The van der Waals surface area contributed by atoms with Crippen LogP contribution in [0.4, 0.5) is 5.82 Å². The smallest absolute Gasteiger partial charge is 0.128 e. The molecule has 0 radical (unpaired) electrons. The van der Waals surface area contributed by atoms with Gasteiger partial charge in [0.2, 0.25) is 0 Å². The van der Waals surface area contributed by atoms with Crippen molar-refractivity contribution in [3.05, 3.63) is 23.9 Å². The second-order valence-corrected chi connectivity index (χ2v) is 4.09. The lowest BCUT2D eigenvalue weighted by Crippen LogP contribution is -2.45. The predicted molar refractivity (Wildman–Crippen MR) is 65.0 cm³/mol. The van der Waals surface area contributed by atoms with E-state index in [0.29, 0.717) is 0 Å². The van der Waals surface area contributed by atoms with Crippen LogP contribution < -0.4 is 11.1 Å². The van der Waals surface area contributed by atoms with E-state index in [9.17, 15) is 0 Å². The molecule has 3 heteroatoms. The molecule has 84 valence electrons. The molecule has 0 amide bonds. The van der Waals surface area contributed by atoms with Crippen LogP contribution in [0.1, 0.15) is 32.3 Å². The van der Waals surface area contributed by atoms with E-state index in [1.807, 2.05) is 19.1 Å². The fraction of sp³-hybridized carbons (Fsp3) is 0.583. The van der Waals surface area contributed by atoms with Crippen molar-refractivity contribution in [1.29, 1.82) is 0 Å². The van der Waals surface area contributed by atoms with Crippen molar-refractivity contribution < 1.29 is 0 Å². The van der Waals surface area contributed by atoms with Crippen LogP contribution in [0.2, 0.25) is 0 Å². The van der Waals surface area contributed by atoms with Crippen LogP contribution in [0.25, 0.3) is 0 Å². The van der Waals surface area contributed by atoms with Crippen molar-refractivity contribution in [2.24, 2.45) is 5.73 Å². The molecule has 0 aliphatic rings. The number of aromatic nitrogens is 1. The molecule has 1 heterocycles. The van der Waals surface area contributed by atoms with E-state index < -0.39 is 0 Å². The van der Waals surface area contributed by atoms with Crippen LogP contribution >= 0.6 is 0 Å². The van der Waals surface area contributed by atoms with Crippen molar-refractivity contribution in [2.45, 2.75) is 39.2 Å². The van der Waals surface area contributed by atoms with Gasteiger partial charge in [0.25, 0.3) is 0 Å². The summed E-state index contributed by atoms with van der Waals surface area (Å²) >= 11 is 0. The van der Waals surface area contributed by atoms with Crippen molar-refractivity contribution in [3.63, 3.8) is 0 Å². The van der Waals surface area contributed by atoms with E-state index in [-0.39, 0.29) is 5.54 Å². The number of aryl methyl sites for hydroxylation is 1. The minimum atomic E-state index is -0.121. The molecular formula is C12H21N3. The van der Waals surface area contributed by atoms with E-state index >= 15 is 0 Å². The number of nitrogens with zero attached hydrogens (tertiary/aromatic N) is 1. The van der Waals surface area contributed by atoms with Gasteiger partial charge in [-0.25, -0.2) is 4.98 Å². The highest BCUT2D eigenvalue weighted by Gasteiger charge is 2.19. The number of pyridine rings is 1. The molecule has 0 aliphatic heterocycles. The summed E-state index contributed by atoms with van der Waals surface area (Å²) in [5.41, 5.74) is 7.24. The third kappa shape index (κ3) is 3.20. The van der Waals surface area contributed by atoms with Gasteiger partial charge in [0.1, 0.15) is 5.82 Å². The summed E-state index contributed by atoms with van der Waals surface area (Å²) < 4.78 is 0. The topological polar surface area (TPSA) is 50.9 Å². The molecule has 0 unspecified atom stereocenters. The first-order valence-corrected chi connectivity index (χ1v) is 5.55. The molecule has 0 atom stereocenters. The molecule has 0 spiro atoms. The van der Waals surface area contributed by atoms with Crippen LogP contribution in [0.15, 0.2) is 18.3 Å². The zero-order valence-corrected chi connectivity index (χ0v) is 9.88. The SMILES string of the molecule is CCC(N)(CC)CNc1ncccc1C. The van der Waals surface area contributed by atoms with E-state index in [4.69, 9.17) is 5.73 Å². The first-order chi connectivity index (χ1) is 7.11. The number of anilines is 1. The molecule has 0 saturated carbocycles. The zero-order valence-electron chi connectivity index (χ0n) is 9.88. The fourth-order valence-electron chi connectivity index (χ4n) is 1.43. The molecule has 3 N–H and O–H groups in total. The molecule has 1 aromatic heterocycles. The number of nitrogens with one attached hydrogen (secondary N) is 1. The zero-order chi connectivity index (χ0) is 11.3. The Balaban J connectivity index is 2.61. The molecular weight excluding hydrogens is 186 g/mol. The van der Waals surface area contributed by atoms with Gasteiger partial charge in [0.05, 0.1) is 0 Å². The van der Waals surface area contributed by atoms with Crippen LogP contribution in [-0.2, 0) is 0 Å². The summed E-state index contributed by atoms with van der Waals surface area (Å²) in [6.07, 6.45) is 3.75. The highest BCUT2D eigenvalue weighted by atomic mass is 15.0. The standard InChI is InChI=1S/C12H21N3/c1-4-12(13,5-2)9-15-11-10(3)7-6-8-14-11/h6-8H,4-5,9,13H2,1-3H3,(H,14,15). The van der Waals surface area contributed by atoms with Crippen molar-refractivity contribution in [3.8, 4) is 0 Å². The summed E-state index contributed by atoms with van der Waals surface area (Å²) in [7, 11) is 0. The van der Waals surface area contributed by atoms with Crippen LogP contribution in [0, 0.1) is 6.92 Å². The summed E-state index contributed by atoms with van der Waals surface area (Å²) in [4.78, 5) is 4.28. The number of hydrogen-bond donors (Lipinski definition) is 2. The summed E-state index contributed by atoms with van der Waals surface area (Å²) in [6, 6.07) is 3.99. The molecule has 0 aliphatic carbocycles. The Morgan fingerprint density at radius 2 is 2.07 bits per heavy atom. The van der Waals surface area contributed by atoms with E-state index in [0.717, 1.165) is 30.8 Å². The lowest BCUT2D eigenvalue weighted by atomic mass is 9.94. The van der Waals surface area contributed by atoms with Gasteiger partial charge in [-0.1, -0.05) is 19.9 Å². The van der Waals surface area contributed by atoms with Crippen molar-refractivity contribution >= 4 is 5.82 Å². The van der Waals surface area contributed by atoms with Gasteiger partial charge in [0, 0.05) is 18.3 Å². The maximum atomic E-state index is 6.20. The molecule has 1 rings (SSSR count). The molecule has 15 heavy (non-hydrogen) atoms. The highest BCUT2D eigenvalue weighted by molar-refractivity contribution is 5.42. The van der Waals surface area contributed by atoms with E-state index in [1.165, 1.54) is 0 Å². The molecule has 0 bridgehead atoms.